The monoisotopic (exact) mass is 223 g/mol. The Kier molecular flexibility index (Phi) is 4.79. The number of carbonyl (C=O) groups is 1. The minimum absolute atomic E-state index is 0.0262. The van der Waals surface area contributed by atoms with Gasteiger partial charge in [0.15, 0.2) is 0 Å². The average molecular weight is 223 g/mol. The summed E-state index contributed by atoms with van der Waals surface area (Å²) < 4.78 is 5.14. The van der Waals surface area contributed by atoms with E-state index in [1.807, 2.05) is 25.1 Å². The Morgan fingerprint density at radius 3 is 2.88 bits per heavy atom. The number of amides is 1. The first kappa shape index (κ1) is 12.5. The Morgan fingerprint density at radius 1 is 1.50 bits per heavy atom. The first-order chi connectivity index (χ1) is 7.67. The average Bonchev–Trinajstić information content (AvgIpc) is 2.27. The van der Waals surface area contributed by atoms with E-state index in [-0.39, 0.29) is 12.5 Å². The van der Waals surface area contributed by atoms with Crippen LogP contribution in [0.3, 0.4) is 0 Å². The number of nitrogens with one attached hydrogen (secondary N) is 1. The summed E-state index contributed by atoms with van der Waals surface area (Å²) in [7, 11) is 1.56. The molecule has 0 aromatic heterocycles. The summed E-state index contributed by atoms with van der Waals surface area (Å²) in [5.41, 5.74) is 1.73. The Bertz CT molecular complexity index is 363. The summed E-state index contributed by atoms with van der Waals surface area (Å²) in [4.78, 5) is 11.5. The summed E-state index contributed by atoms with van der Waals surface area (Å²) in [6.07, 6.45) is 0.785. The molecule has 0 fully saturated rings. The molecule has 0 radical (unpaired) electrons. The summed E-state index contributed by atoms with van der Waals surface area (Å²) in [5, 5.41) is 11.4. The number of aryl methyl sites for hydroxylation is 1. The molecule has 0 saturated carbocycles. The number of methoxy groups -OCH3 is 1. The molecule has 0 saturated heterocycles. The smallest absolute Gasteiger partial charge is 0.224 e. The third kappa shape index (κ3) is 3.55. The number of aliphatic hydroxyl groups excluding tert-OH is 1. The number of anilines is 1. The molecule has 4 nitrogen and oxygen atoms in total. The van der Waals surface area contributed by atoms with E-state index in [1.165, 1.54) is 0 Å². The molecule has 1 rings (SSSR count). The Morgan fingerprint density at radius 2 is 2.25 bits per heavy atom. The molecule has 0 spiro atoms. The van der Waals surface area contributed by atoms with E-state index in [0.717, 1.165) is 5.56 Å². The molecule has 4 heteroatoms. The number of rotatable bonds is 5. The second kappa shape index (κ2) is 6.12. The molecule has 0 aliphatic rings. The molecule has 0 atom stereocenters. The lowest BCUT2D eigenvalue weighted by Gasteiger charge is -2.10. The quantitative estimate of drug-likeness (QED) is 0.799. The van der Waals surface area contributed by atoms with Gasteiger partial charge in [0.05, 0.1) is 12.8 Å². The van der Waals surface area contributed by atoms with Gasteiger partial charge in [0, 0.05) is 13.0 Å². The van der Waals surface area contributed by atoms with Crippen LogP contribution >= 0.6 is 0 Å². The van der Waals surface area contributed by atoms with Crippen LogP contribution in [0.15, 0.2) is 18.2 Å². The topological polar surface area (TPSA) is 58.6 Å². The maximum absolute atomic E-state index is 11.5. The van der Waals surface area contributed by atoms with Crippen LogP contribution in [-0.2, 0) is 4.79 Å². The van der Waals surface area contributed by atoms with E-state index >= 15 is 0 Å². The molecule has 16 heavy (non-hydrogen) atoms. The fraction of sp³-hybridized carbons (Fsp3) is 0.417. The van der Waals surface area contributed by atoms with Crippen molar-refractivity contribution in [2.24, 2.45) is 0 Å². The van der Waals surface area contributed by atoms with Crippen molar-refractivity contribution in [2.45, 2.75) is 19.8 Å². The molecule has 0 unspecified atom stereocenters. The highest BCUT2D eigenvalue weighted by Crippen LogP contribution is 2.25. The molecule has 0 aliphatic heterocycles. The molecule has 0 aliphatic carbocycles. The first-order valence-electron chi connectivity index (χ1n) is 5.22. The molecule has 1 amide bonds. The molecule has 0 bridgehead atoms. The predicted molar refractivity (Wildman–Crippen MR) is 62.7 cm³/mol. The second-order valence-corrected chi connectivity index (χ2v) is 3.58. The fourth-order valence-electron chi connectivity index (χ4n) is 1.37. The second-order valence-electron chi connectivity index (χ2n) is 3.58. The summed E-state index contributed by atoms with van der Waals surface area (Å²) in [5.74, 6) is 0.529. The Labute approximate surface area is 95.2 Å². The van der Waals surface area contributed by atoms with E-state index in [0.29, 0.717) is 24.3 Å². The van der Waals surface area contributed by atoms with Gasteiger partial charge in [0.1, 0.15) is 5.75 Å². The lowest BCUT2D eigenvalue weighted by Crippen LogP contribution is -2.12. The van der Waals surface area contributed by atoms with Gasteiger partial charge >= 0.3 is 0 Å². The molecule has 1 aromatic carbocycles. The largest absolute Gasteiger partial charge is 0.495 e. The van der Waals surface area contributed by atoms with Crippen molar-refractivity contribution in [1.82, 2.24) is 0 Å². The lowest BCUT2D eigenvalue weighted by atomic mass is 10.2. The zero-order chi connectivity index (χ0) is 12.0. The van der Waals surface area contributed by atoms with Crippen LogP contribution in [0.25, 0.3) is 0 Å². The zero-order valence-electron chi connectivity index (χ0n) is 9.62. The predicted octanol–water partition coefficient (Wildman–Crippen LogP) is 1.71. The van der Waals surface area contributed by atoms with Crippen molar-refractivity contribution in [3.05, 3.63) is 23.8 Å². The van der Waals surface area contributed by atoms with Gasteiger partial charge in [-0.15, -0.1) is 0 Å². The number of benzene rings is 1. The van der Waals surface area contributed by atoms with Crippen LogP contribution in [-0.4, -0.2) is 24.7 Å². The van der Waals surface area contributed by atoms with Crippen molar-refractivity contribution < 1.29 is 14.6 Å². The van der Waals surface area contributed by atoms with Crippen molar-refractivity contribution in [3.8, 4) is 5.75 Å². The molecule has 88 valence electrons. The van der Waals surface area contributed by atoms with E-state index in [4.69, 9.17) is 9.84 Å². The molecular formula is C12H17NO3. The minimum atomic E-state index is -0.113. The minimum Gasteiger partial charge on any atom is -0.495 e. The highest BCUT2D eigenvalue weighted by Gasteiger charge is 2.07. The summed E-state index contributed by atoms with van der Waals surface area (Å²) in [6.45, 7) is 1.97. The highest BCUT2D eigenvalue weighted by molar-refractivity contribution is 5.92. The third-order valence-corrected chi connectivity index (χ3v) is 2.19. The van der Waals surface area contributed by atoms with Gasteiger partial charge in [-0.25, -0.2) is 0 Å². The maximum atomic E-state index is 11.5. The number of hydrogen-bond donors (Lipinski definition) is 2. The first-order valence-corrected chi connectivity index (χ1v) is 5.22. The van der Waals surface area contributed by atoms with E-state index in [2.05, 4.69) is 5.32 Å². The van der Waals surface area contributed by atoms with Crippen LogP contribution in [0.2, 0.25) is 0 Å². The van der Waals surface area contributed by atoms with Crippen molar-refractivity contribution in [3.63, 3.8) is 0 Å². The Hall–Kier alpha value is -1.55. The van der Waals surface area contributed by atoms with Gasteiger partial charge in [0.2, 0.25) is 5.91 Å². The summed E-state index contributed by atoms with van der Waals surface area (Å²) >= 11 is 0. The van der Waals surface area contributed by atoms with Crippen LogP contribution < -0.4 is 10.1 Å². The van der Waals surface area contributed by atoms with Crippen LogP contribution in [0.4, 0.5) is 5.69 Å². The van der Waals surface area contributed by atoms with E-state index < -0.39 is 0 Å². The number of carbonyl (C=O) groups excluding carboxylic acids is 1. The molecular weight excluding hydrogens is 206 g/mol. The molecule has 1 aromatic rings. The van der Waals surface area contributed by atoms with Crippen LogP contribution in [0.1, 0.15) is 18.4 Å². The van der Waals surface area contributed by atoms with Gasteiger partial charge in [-0.1, -0.05) is 6.07 Å². The van der Waals surface area contributed by atoms with Crippen molar-refractivity contribution in [2.75, 3.05) is 19.0 Å². The van der Waals surface area contributed by atoms with Crippen molar-refractivity contribution >= 4 is 11.6 Å². The SMILES string of the molecule is COc1ccc(C)cc1NC(=O)CCCO. The standard InChI is InChI=1S/C12H17NO3/c1-9-5-6-11(16-2)10(8-9)13-12(15)4-3-7-14/h5-6,8,14H,3-4,7H2,1-2H3,(H,13,15). The number of ether oxygens (including phenoxy) is 1. The van der Waals surface area contributed by atoms with Gasteiger partial charge in [-0.05, 0) is 31.0 Å². The van der Waals surface area contributed by atoms with Crippen molar-refractivity contribution in [1.29, 1.82) is 0 Å². The van der Waals surface area contributed by atoms with Gasteiger partial charge in [-0.2, -0.15) is 0 Å². The highest BCUT2D eigenvalue weighted by atomic mass is 16.5. The van der Waals surface area contributed by atoms with Gasteiger partial charge < -0.3 is 15.2 Å². The molecule has 2 N–H and O–H groups in total. The Balaban J connectivity index is 2.71. The molecule has 0 heterocycles. The maximum Gasteiger partial charge on any atom is 0.224 e. The summed E-state index contributed by atoms with van der Waals surface area (Å²) in [6, 6.07) is 5.59. The lowest BCUT2D eigenvalue weighted by molar-refractivity contribution is -0.116. The van der Waals surface area contributed by atoms with Gasteiger partial charge in [-0.3, -0.25) is 4.79 Å². The normalized spacial score (nSPS) is 9.94. The fourth-order valence-corrected chi connectivity index (χ4v) is 1.37. The number of aliphatic hydroxyl groups is 1. The zero-order valence-corrected chi connectivity index (χ0v) is 9.62. The number of hydrogen-bond acceptors (Lipinski definition) is 3. The third-order valence-electron chi connectivity index (χ3n) is 2.19. The van der Waals surface area contributed by atoms with Crippen LogP contribution in [0.5, 0.6) is 5.75 Å². The van der Waals surface area contributed by atoms with E-state index in [9.17, 15) is 4.79 Å². The van der Waals surface area contributed by atoms with E-state index in [1.54, 1.807) is 7.11 Å². The van der Waals surface area contributed by atoms with Gasteiger partial charge in [0.25, 0.3) is 0 Å². The van der Waals surface area contributed by atoms with Crippen LogP contribution in [0, 0.1) is 6.92 Å².